The first-order valence-corrected chi connectivity index (χ1v) is 8.22. The highest BCUT2D eigenvalue weighted by atomic mass is 32.1. The molecule has 1 aromatic carbocycles. The van der Waals surface area contributed by atoms with Crippen LogP contribution in [0, 0.1) is 6.92 Å². The van der Waals surface area contributed by atoms with Gasteiger partial charge in [0, 0.05) is 28.8 Å². The number of carbonyl (C=O) groups excluding carboxylic acids is 1. The van der Waals surface area contributed by atoms with Crippen molar-refractivity contribution in [1.29, 1.82) is 0 Å². The van der Waals surface area contributed by atoms with Crippen molar-refractivity contribution >= 4 is 28.1 Å². The second kappa shape index (κ2) is 6.89. The lowest BCUT2D eigenvalue weighted by atomic mass is 10.2. The summed E-state index contributed by atoms with van der Waals surface area (Å²) in [4.78, 5) is 19.1. The number of amides is 1. The Morgan fingerprint density at radius 1 is 1.22 bits per heavy atom. The Morgan fingerprint density at radius 2 is 2.04 bits per heavy atom. The van der Waals surface area contributed by atoms with E-state index in [0.717, 1.165) is 15.8 Å². The van der Waals surface area contributed by atoms with Gasteiger partial charge in [-0.1, -0.05) is 24.3 Å². The summed E-state index contributed by atoms with van der Waals surface area (Å²) in [5.74, 6) is -0.189. The summed E-state index contributed by atoms with van der Waals surface area (Å²) in [6.07, 6.45) is -0.141. The van der Waals surface area contributed by atoms with Gasteiger partial charge in [-0.3, -0.25) is 4.79 Å². The van der Waals surface area contributed by atoms with Crippen molar-refractivity contribution < 1.29 is 9.53 Å². The van der Waals surface area contributed by atoms with Crippen LogP contribution in [0.1, 0.15) is 26.3 Å². The summed E-state index contributed by atoms with van der Waals surface area (Å²) >= 11 is 1.68. The van der Waals surface area contributed by atoms with Crippen LogP contribution in [-0.2, 0) is 4.74 Å². The zero-order chi connectivity index (χ0) is 16.2. The number of benzene rings is 1. The molecule has 0 saturated heterocycles. The molecule has 0 radical (unpaired) electrons. The predicted octanol–water partition coefficient (Wildman–Crippen LogP) is 3.72. The number of para-hydroxylation sites is 1. The number of rotatable bonds is 5. The Balaban J connectivity index is 1.70. The predicted molar refractivity (Wildman–Crippen MR) is 92.9 cm³/mol. The molecule has 2 aromatic heterocycles. The molecule has 4 nitrogen and oxygen atoms in total. The quantitative estimate of drug-likeness (QED) is 0.777. The average molecular weight is 326 g/mol. The largest absolute Gasteiger partial charge is 0.374 e. The smallest absolute Gasteiger partial charge is 0.270 e. The number of hydrogen-bond donors (Lipinski definition) is 1. The first-order chi connectivity index (χ1) is 11.2. The Hall–Kier alpha value is -2.24. The maximum absolute atomic E-state index is 12.3. The molecule has 0 spiro atoms. The van der Waals surface area contributed by atoms with E-state index in [1.807, 2.05) is 36.4 Å². The van der Waals surface area contributed by atoms with Crippen molar-refractivity contribution in [2.45, 2.75) is 13.0 Å². The number of thiophene rings is 1. The highest BCUT2D eigenvalue weighted by molar-refractivity contribution is 7.12. The molecule has 23 heavy (non-hydrogen) atoms. The molecular weight excluding hydrogens is 308 g/mol. The van der Waals surface area contributed by atoms with E-state index in [1.54, 1.807) is 24.5 Å². The maximum Gasteiger partial charge on any atom is 0.270 e. The van der Waals surface area contributed by atoms with Crippen molar-refractivity contribution in [2.24, 2.45) is 0 Å². The van der Waals surface area contributed by atoms with Gasteiger partial charge in [0.2, 0.25) is 0 Å². The molecule has 0 bridgehead atoms. The number of nitrogens with one attached hydrogen (secondary N) is 1. The van der Waals surface area contributed by atoms with Crippen LogP contribution >= 0.6 is 11.3 Å². The number of carbonyl (C=O) groups is 1. The minimum atomic E-state index is -0.189. The number of methoxy groups -OCH3 is 1. The fourth-order valence-corrected chi connectivity index (χ4v) is 3.35. The van der Waals surface area contributed by atoms with Gasteiger partial charge < -0.3 is 10.1 Å². The highest BCUT2D eigenvalue weighted by Crippen LogP contribution is 2.24. The Kier molecular flexibility index (Phi) is 4.69. The SMILES string of the molecule is COC(CNC(=O)c1ccc2ccccc2n1)c1ccc(C)s1. The average Bonchev–Trinajstić information content (AvgIpc) is 3.01. The molecule has 0 aliphatic carbocycles. The number of aromatic nitrogens is 1. The Bertz CT molecular complexity index is 829. The van der Waals surface area contributed by atoms with E-state index >= 15 is 0 Å². The fourth-order valence-electron chi connectivity index (χ4n) is 2.39. The van der Waals surface area contributed by atoms with Gasteiger partial charge in [-0.25, -0.2) is 4.98 Å². The van der Waals surface area contributed by atoms with Gasteiger partial charge in [0.05, 0.1) is 5.52 Å². The lowest BCUT2D eigenvalue weighted by Gasteiger charge is -2.14. The van der Waals surface area contributed by atoms with Crippen LogP contribution in [0.5, 0.6) is 0 Å². The van der Waals surface area contributed by atoms with Crippen LogP contribution in [0.3, 0.4) is 0 Å². The zero-order valence-electron chi connectivity index (χ0n) is 13.1. The molecule has 118 valence electrons. The molecule has 3 rings (SSSR count). The number of hydrogen-bond acceptors (Lipinski definition) is 4. The fraction of sp³-hybridized carbons (Fsp3) is 0.222. The van der Waals surface area contributed by atoms with Crippen LogP contribution in [0.2, 0.25) is 0 Å². The molecule has 1 N–H and O–H groups in total. The first kappa shape index (κ1) is 15.6. The van der Waals surface area contributed by atoms with Crippen LogP contribution in [0.25, 0.3) is 10.9 Å². The molecule has 0 saturated carbocycles. The van der Waals surface area contributed by atoms with Gasteiger partial charge in [0.15, 0.2) is 0 Å². The van der Waals surface area contributed by atoms with E-state index in [4.69, 9.17) is 4.74 Å². The monoisotopic (exact) mass is 326 g/mol. The third-order valence-electron chi connectivity index (χ3n) is 3.64. The van der Waals surface area contributed by atoms with Crippen molar-refractivity contribution in [3.63, 3.8) is 0 Å². The van der Waals surface area contributed by atoms with E-state index in [-0.39, 0.29) is 12.0 Å². The second-order valence-electron chi connectivity index (χ2n) is 5.27. The molecule has 2 heterocycles. The van der Waals surface area contributed by atoms with Gasteiger partial charge in [0.25, 0.3) is 5.91 Å². The van der Waals surface area contributed by atoms with Crippen molar-refractivity contribution in [1.82, 2.24) is 10.3 Å². The third kappa shape index (κ3) is 3.57. The summed E-state index contributed by atoms with van der Waals surface area (Å²) in [5.41, 5.74) is 1.23. The van der Waals surface area contributed by atoms with Crippen molar-refractivity contribution in [3.8, 4) is 0 Å². The molecule has 0 aliphatic rings. The lowest BCUT2D eigenvalue weighted by molar-refractivity contribution is 0.0834. The molecule has 1 unspecified atom stereocenters. The van der Waals surface area contributed by atoms with Gasteiger partial charge in [-0.15, -0.1) is 11.3 Å². The number of pyridine rings is 1. The summed E-state index contributed by atoms with van der Waals surface area (Å²) in [5, 5.41) is 3.92. The Labute approximate surface area is 139 Å². The van der Waals surface area contributed by atoms with E-state index < -0.39 is 0 Å². The number of aryl methyl sites for hydroxylation is 1. The number of fused-ring (bicyclic) bond motifs is 1. The van der Waals surface area contributed by atoms with E-state index in [9.17, 15) is 4.79 Å². The van der Waals surface area contributed by atoms with Crippen molar-refractivity contribution in [3.05, 3.63) is 64.0 Å². The molecule has 0 aliphatic heterocycles. The number of ether oxygens (including phenoxy) is 1. The molecule has 1 atom stereocenters. The summed E-state index contributed by atoms with van der Waals surface area (Å²) < 4.78 is 5.48. The van der Waals surface area contributed by atoms with E-state index in [1.165, 1.54) is 4.88 Å². The normalized spacial score (nSPS) is 12.3. The van der Waals surface area contributed by atoms with E-state index in [2.05, 4.69) is 23.3 Å². The van der Waals surface area contributed by atoms with E-state index in [0.29, 0.717) is 12.2 Å². The first-order valence-electron chi connectivity index (χ1n) is 7.40. The van der Waals surface area contributed by atoms with Gasteiger partial charge in [-0.05, 0) is 31.2 Å². The maximum atomic E-state index is 12.3. The Morgan fingerprint density at radius 3 is 2.78 bits per heavy atom. The third-order valence-corrected chi connectivity index (χ3v) is 4.73. The summed E-state index contributed by atoms with van der Waals surface area (Å²) in [7, 11) is 1.65. The van der Waals surface area contributed by atoms with Crippen LogP contribution < -0.4 is 5.32 Å². The molecule has 1 amide bonds. The van der Waals surface area contributed by atoms with Crippen LogP contribution in [-0.4, -0.2) is 24.5 Å². The second-order valence-corrected chi connectivity index (χ2v) is 6.59. The van der Waals surface area contributed by atoms with Crippen LogP contribution in [0.15, 0.2) is 48.5 Å². The molecule has 5 heteroatoms. The minimum absolute atomic E-state index is 0.141. The molecular formula is C18H18N2O2S. The van der Waals surface area contributed by atoms with Gasteiger partial charge in [-0.2, -0.15) is 0 Å². The lowest BCUT2D eigenvalue weighted by Crippen LogP contribution is -2.29. The topological polar surface area (TPSA) is 51.2 Å². The minimum Gasteiger partial charge on any atom is -0.374 e. The summed E-state index contributed by atoms with van der Waals surface area (Å²) in [6.45, 7) is 2.47. The number of nitrogens with zero attached hydrogens (tertiary/aromatic N) is 1. The molecule has 0 fully saturated rings. The zero-order valence-corrected chi connectivity index (χ0v) is 13.9. The summed E-state index contributed by atoms with van der Waals surface area (Å²) in [6, 6.07) is 15.5. The van der Waals surface area contributed by atoms with Gasteiger partial charge in [0.1, 0.15) is 11.8 Å². The van der Waals surface area contributed by atoms with Crippen molar-refractivity contribution in [2.75, 3.05) is 13.7 Å². The molecule has 3 aromatic rings. The standard InChI is InChI=1S/C18H18N2O2S/c1-12-7-10-17(23-12)16(22-2)11-19-18(21)15-9-8-13-5-3-4-6-14(13)20-15/h3-10,16H,11H2,1-2H3,(H,19,21). The van der Waals surface area contributed by atoms with Gasteiger partial charge >= 0.3 is 0 Å². The van der Waals surface area contributed by atoms with Crippen LogP contribution in [0.4, 0.5) is 0 Å². The highest BCUT2D eigenvalue weighted by Gasteiger charge is 2.15.